The maximum Gasteiger partial charge on any atom is 0.157 e. The van der Waals surface area contributed by atoms with Crippen molar-refractivity contribution in [3.8, 4) is 6.07 Å². The average molecular weight is 257 g/mol. The Labute approximate surface area is 105 Å². The van der Waals surface area contributed by atoms with Gasteiger partial charge in [-0.3, -0.25) is 0 Å². The number of nitriles is 1. The summed E-state index contributed by atoms with van der Waals surface area (Å²) in [5.41, 5.74) is 0. The lowest BCUT2D eigenvalue weighted by molar-refractivity contribution is 0.332. The molecule has 0 spiro atoms. The van der Waals surface area contributed by atoms with E-state index in [-0.39, 0.29) is 17.1 Å². The predicted octanol–water partition coefficient (Wildman–Crippen LogP) is 2.77. The molecule has 3 nitrogen and oxygen atoms in total. The zero-order chi connectivity index (χ0) is 13.2. The molecule has 1 aliphatic rings. The molecule has 0 saturated heterocycles. The molecule has 1 saturated carbocycles. The van der Waals surface area contributed by atoms with Crippen molar-refractivity contribution in [3.05, 3.63) is 0 Å². The summed E-state index contributed by atoms with van der Waals surface area (Å²) < 4.78 is 25.0. The smallest absolute Gasteiger partial charge is 0.157 e. The fourth-order valence-electron chi connectivity index (χ4n) is 2.49. The van der Waals surface area contributed by atoms with Gasteiger partial charge in [0.1, 0.15) is 0 Å². The van der Waals surface area contributed by atoms with Gasteiger partial charge in [0.05, 0.1) is 22.5 Å². The van der Waals surface area contributed by atoms with Crippen molar-refractivity contribution in [2.75, 3.05) is 0 Å². The summed E-state index contributed by atoms with van der Waals surface area (Å²) in [5.74, 6) is 0.215. The molecule has 0 bridgehead atoms. The maximum absolute atomic E-state index is 12.5. The lowest BCUT2D eigenvalue weighted by Crippen LogP contribution is -2.41. The Kier molecular flexibility index (Phi) is 4.60. The van der Waals surface area contributed by atoms with Gasteiger partial charge in [-0.25, -0.2) is 8.42 Å². The van der Waals surface area contributed by atoms with Crippen LogP contribution in [0.25, 0.3) is 0 Å². The minimum Gasteiger partial charge on any atom is -0.228 e. The number of hydrogen-bond acceptors (Lipinski definition) is 3. The molecule has 0 heterocycles. The summed E-state index contributed by atoms with van der Waals surface area (Å²) in [4.78, 5) is 0. The number of hydrogen-bond donors (Lipinski definition) is 0. The van der Waals surface area contributed by atoms with Gasteiger partial charge in [0, 0.05) is 0 Å². The number of sulfone groups is 1. The zero-order valence-corrected chi connectivity index (χ0v) is 12.0. The van der Waals surface area contributed by atoms with E-state index >= 15 is 0 Å². The van der Waals surface area contributed by atoms with Crippen molar-refractivity contribution in [2.24, 2.45) is 17.8 Å². The molecule has 0 aromatic carbocycles. The molecule has 98 valence electrons. The van der Waals surface area contributed by atoms with E-state index in [2.05, 4.69) is 13.0 Å². The third kappa shape index (κ3) is 3.01. The van der Waals surface area contributed by atoms with Crippen LogP contribution in [0.5, 0.6) is 0 Å². The highest BCUT2D eigenvalue weighted by Crippen LogP contribution is 2.35. The first-order chi connectivity index (χ1) is 7.80. The molecule has 0 aromatic heterocycles. The van der Waals surface area contributed by atoms with E-state index in [0.717, 1.165) is 12.8 Å². The van der Waals surface area contributed by atoms with Crippen LogP contribution in [0.1, 0.15) is 47.0 Å². The molecule has 4 heteroatoms. The molecule has 4 atom stereocenters. The highest BCUT2D eigenvalue weighted by molar-refractivity contribution is 7.92. The molecule has 1 aliphatic carbocycles. The molecular formula is C13H23NO2S. The van der Waals surface area contributed by atoms with Gasteiger partial charge in [0.25, 0.3) is 0 Å². The lowest BCUT2D eigenvalue weighted by atomic mass is 9.83. The minimum absolute atomic E-state index is 0.108. The summed E-state index contributed by atoms with van der Waals surface area (Å²) >= 11 is 0. The normalized spacial score (nSPS) is 32.1. The van der Waals surface area contributed by atoms with Crippen LogP contribution in [-0.2, 0) is 9.84 Å². The maximum atomic E-state index is 12.5. The van der Waals surface area contributed by atoms with Crippen molar-refractivity contribution in [1.29, 1.82) is 5.26 Å². The molecule has 1 rings (SSSR count). The van der Waals surface area contributed by atoms with Crippen LogP contribution in [0.15, 0.2) is 0 Å². The second-order valence-corrected chi connectivity index (χ2v) is 8.26. The standard InChI is InChI=1S/C13H23NO2S/c1-9(2)11(4)17(15,16)13-7-10(3)5-6-12(13)8-14/h9-13H,5-7H2,1-4H3. The summed E-state index contributed by atoms with van der Waals surface area (Å²) in [6, 6.07) is 2.20. The molecule has 0 amide bonds. The van der Waals surface area contributed by atoms with E-state index in [1.165, 1.54) is 0 Å². The van der Waals surface area contributed by atoms with E-state index in [1.54, 1.807) is 6.92 Å². The van der Waals surface area contributed by atoms with Gasteiger partial charge >= 0.3 is 0 Å². The monoisotopic (exact) mass is 257 g/mol. The quantitative estimate of drug-likeness (QED) is 0.781. The summed E-state index contributed by atoms with van der Waals surface area (Å²) in [7, 11) is -3.18. The molecule has 0 aromatic rings. The predicted molar refractivity (Wildman–Crippen MR) is 69.1 cm³/mol. The summed E-state index contributed by atoms with van der Waals surface area (Å²) in [5, 5.41) is 8.31. The Morgan fingerprint density at radius 3 is 2.29 bits per heavy atom. The van der Waals surface area contributed by atoms with Crippen molar-refractivity contribution in [2.45, 2.75) is 57.5 Å². The largest absolute Gasteiger partial charge is 0.228 e. The van der Waals surface area contributed by atoms with Gasteiger partial charge in [0.2, 0.25) is 0 Å². The first-order valence-electron chi connectivity index (χ1n) is 6.43. The highest BCUT2D eigenvalue weighted by atomic mass is 32.2. The van der Waals surface area contributed by atoms with Crippen molar-refractivity contribution in [3.63, 3.8) is 0 Å². The lowest BCUT2D eigenvalue weighted by Gasteiger charge is -2.33. The number of nitrogens with zero attached hydrogens (tertiary/aromatic N) is 1. The second kappa shape index (κ2) is 5.39. The molecule has 0 N–H and O–H groups in total. The van der Waals surface area contributed by atoms with Gasteiger partial charge in [0.15, 0.2) is 9.84 Å². The van der Waals surface area contributed by atoms with Crippen LogP contribution in [-0.4, -0.2) is 18.9 Å². The molecule has 0 radical (unpaired) electrons. The Balaban J connectivity index is 2.99. The fourth-order valence-corrected chi connectivity index (χ4v) is 5.06. The Bertz CT molecular complexity index is 394. The van der Waals surface area contributed by atoms with E-state index in [1.807, 2.05) is 13.8 Å². The third-order valence-corrected chi connectivity index (χ3v) is 7.04. The Morgan fingerprint density at radius 1 is 1.24 bits per heavy atom. The van der Waals surface area contributed by atoms with E-state index in [9.17, 15) is 8.42 Å². The average Bonchev–Trinajstić information content (AvgIpc) is 2.27. The van der Waals surface area contributed by atoms with E-state index < -0.39 is 15.1 Å². The number of rotatable bonds is 3. The molecule has 17 heavy (non-hydrogen) atoms. The summed E-state index contributed by atoms with van der Waals surface area (Å²) in [6.45, 7) is 7.70. The van der Waals surface area contributed by atoms with Gasteiger partial charge in [-0.1, -0.05) is 20.8 Å². The van der Waals surface area contributed by atoms with Crippen LogP contribution in [0.2, 0.25) is 0 Å². The van der Waals surface area contributed by atoms with Crippen LogP contribution in [0.3, 0.4) is 0 Å². The van der Waals surface area contributed by atoms with Gasteiger partial charge < -0.3 is 0 Å². The van der Waals surface area contributed by atoms with Crippen molar-refractivity contribution < 1.29 is 8.42 Å². The van der Waals surface area contributed by atoms with Gasteiger partial charge in [-0.15, -0.1) is 0 Å². The first kappa shape index (κ1) is 14.5. The molecule has 0 aliphatic heterocycles. The van der Waals surface area contributed by atoms with Crippen molar-refractivity contribution >= 4 is 9.84 Å². The first-order valence-corrected chi connectivity index (χ1v) is 8.04. The third-order valence-electron chi connectivity index (χ3n) is 4.10. The van der Waals surface area contributed by atoms with Gasteiger partial charge in [-0.05, 0) is 38.0 Å². The zero-order valence-electron chi connectivity index (χ0n) is 11.2. The van der Waals surface area contributed by atoms with Crippen molar-refractivity contribution in [1.82, 2.24) is 0 Å². The van der Waals surface area contributed by atoms with Crippen LogP contribution < -0.4 is 0 Å². The highest BCUT2D eigenvalue weighted by Gasteiger charge is 2.41. The summed E-state index contributed by atoms with van der Waals surface area (Å²) in [6.07, 6.45) is 2.35. The molecular weight excluding hydrogens is 234 g/mol. The van der Waals surface area contributed by atoms with Crippen LogP contribution in [0.4, 0.5) is 0 Å². The second-order valence-electron chi connectivity index (χ2n) is 5.73. The SMILES string of the molecule is CC1CCC(C#N)C(S(=O)(=O)C(C)C(C)C)C1. The van der Waals surface area contributed by atoms with Gasteiger partial charge in [-0.2, -0.15) is 5.26 Å². The van der Waals surface area contributed by atoms with E-state index in [0.29, 0.717) is 12.3 Å². The molecule has 1 fully saturated rings. The topological polar surface area (TPSA) is 57.9 Å². The van der Waals surface area contributed by atoms with Crippen LogP contribution in [0, 0.1) is 29.1 Å². The van der Waals surface area contributed by atoms with E-state index in [4.69, 9.17) is 5.26 Å². The minimum atomic E-state index is -3.18. The Hall–Kier alpha value is -0.560. The molecule has 4 unspecified atom stereocenters. The van der Waals surface area contributed by atoms with Crippen LogP contribution >= 0.6 is 0 Å². The Morgan fingerprint density at radius 2 is 1.82 bits per heavy atom. The fraction of sp³-hybridized carbons (Fsp3) is 0.923.